The predicted octanol–water partition coefficient (Wildman–Crippen LogP) is 3.21. The number of hydrogen-bond donors (Lipinski definition) is 2. The number of anilines is 1. The van der Waals surface area contributed by atoms with Crippen molar-refractivity contribution in [3.8, 4) is 0 Å². The SMILES string of the molecule is CC(=O)c1c(NNC(=O)c2ccc(C(C)(C)C)cc2)oc(C)cc1=O. The molecule has 0 unspecified atom stereocenters. The number of carbonyl (C=O) groups is 2. The maximum atomic E-state index is 12.3. The number of amides is 1. The van der Waals surface area contributed by atoms with Crippen molar-refractivity contribution in [3.05, 3.63) is 63.0 Å². The van der Waals surface area contributed by atoms with Crippen molar-refractivity contribution < 1.29 is 14.0 Å². The van der Waals surface area contributed by atoms with Gasteiger partial charge in [0.2, 0.25) is 5.88 Å². The van der Waals surface area contributed by atoms with Gasteiger partial charge in [0.15, 0.2) is 11.2 Å². The first-order chi connectivity index (χ1) is 11.6. The molecule has 0 bridgehead atoms. The molecule has 0 radical (unpaired) electrons. The summed E-state index contributed by atoms with van der Waals surface area (Å²) < 4.78 is 5.35. The molecule has 0 atom stereocenters. The van der Waals surface area contributed by atoms with Crippen LogP contribution >= 0.6 is 0 Å². The van der Waals surface area contributed by atoms with Gasteiger partial charge in [-0.15, -0.1) is 0 Å². The standard InChI is InChI=1S/C19H22N2O4/c1-11-10-15(23)16(12(2)22)18(25-11)21-20-17(24)13-6-8-14(9-7-13)19(3,4)5/h6-10,21H,1-5H3,(H,20,24). The van der Waals surface area contributed by atoms with E-state index in [0.29, 0.717) is 11.3 Å². The van der Waals surface area contributed by atoms with E-state index in [1.54, 1.807) is 19.1 Å². The minimum absolute atomic E-state index is 0.00534. The van der Waals surface area contributed by atoms with Gasteiger partial charge in [0.25, 0.3) is 5.91 Å². The number of hydrazine groups is 1. The molecule has 6 heteroatoms. The Kier molecular flexibility index (Phi) is 5.11. The monoisotopic (exact) mass is 342 g/mol. The molecule has 0 aliphatic rings. The Bertz CT molecular complexity index is 858. The summed E-state index contributed by atoms with van der Waals surface area (Å²) in [4.78, 5) is 35.8. The summed E-state index contributed by atoms with van der Waals surface area (Å²) in [5.41, 5.74) is 5.95. The highest BCUT2D eigenvalue weighted by Crippen LogP contribution is 2.22. The Morgan fingerprint density at radius 2 is 1.68 bits per heavy atom. The average molecular weight is 342 g/mol. The molecule has 25 heavy (non-hydrogen) atoms. The predicted molar refractivity (Wildman–Crippen MR) is 96.0 cm³/mol. The zero-order chi connectivity index (χ0) is 18.8. The molecule has 0 aliphatic heterocycles. The van der Waals surface area contributed by atoms with Crippen LogP contribution in [0.1, 0.15) is 59.7 Å². The second kappa shape index (κ2) is 6.93. The minimum atomic E-state index is -0.456. The second-order valence-corrected chi connectivity index (χ2v) is 6.89. The van der Waals surface area contributed by atoms with Crippen LogP contribution in [-0.2, 0) is 5.41 Å². The van der Waals surface area contributed by atoms with E-state index < -0.39 is 17.1 Å². The summed E-state index contributed by atoms with van der Waals surface area (Å²) >= 11 is 0. The first kappa shape index (κ1) is 18.4. The molecule has 132 valence electrons. The van der Waals surface area contributed by atoms with Crippen LogP contribution < -0.4 is 16.3 Å². The molecule has 1 aromatic carbocycles. The topological polar surface area (TPSA) is 88.4 Å². The number of Topliss-reactive ketones (excluding diaryl/α,β-unsaturated/α-hetero) is 1. The molecule has 2 rings (SSSR count). The van der Waals surface area contributed by atoms with Crippen molar-refractivity contribution in [2.45, 2.75) is 40.0 Å². The van der Waals surface area contributed by atoms with E-state index in [0.717, 1.165) is 5.56 Å². The number of aryl methyl sites for hydroxylation is 1. The summed E-state index contributed by atoms with van der Waals surface area (Å²) in [6.07, 6.45) is 0. The lowest BCUT2D eigenvalue weighted by Gasteiger charge is -2.19. The first-order valence-electron chi connectivity index (χ1n) is 7.92. The van der Waals surface area contributed by atoms with Gasteiger partial charge in [-0.3, -0.25) is 25.2 Å². The van der Waals surface area contributed by atoms with E-state index in [1.165, 1.54) is 13.0 Å². The molecule has 1 amide bonds. The van der Waals surface area contributed by atoms with E-state index in [1.807, 2.05) is 12.1 Å². The van der Waals surface area contributed by atoms with Gasteiger partial charge >= 0.3 is 0 Å². The van der Waals surface area contributed by atoms with Crippen LogP contribution in [0.25, 0.3) is 0 Å². The van der Waals surface area contributed by atoms with Gasteiger partial charge in [-0.25, -0.2) is 0 Å². The summed E-state index contributed by atoms with van der Waals surface area (Å²) in [6.45, 7) is 9.12. The fraction of sp³-hybridized carbons (Fsp3) is 0.316. The van der Waals surface area contributed by atoms with Gasteiger partial charge in [0.1, 0.15) is 11.3 Å². The van der Waals surface area contributed by atoms with Crippen LogP contribution in [0.5, 0.6) is 0 Å². The van der Waals surface area contributed by atoms with E-state index >= 15 is 0 Å². The van der Waals surface area contributed by atoms with Crippen molar-refractivity contribution in [2.24, 2.45) is 0 Å². The van der Waals surface area contributed by atoms with Gasteiger partial charge in [-0.1, -0.05) is 32.9 Å². The van der Waals surface area contributed by atoms with Gasteiger partial charge in [-0.05, 0) is 37.0 Å². The molecule has 0 saturated carbocycles. The van der Waals surface area contributed by atoms with E-state index in [4.69, 9.17) is 4.42 Å². The summed E-state index contributed by atoms with van der Waals surface area (Å²) in [5.74, 6) is -0.586. The Hall–Kier alpha value is -2.89. The molecular formula is C19H22N2O4. The van der Waals surface area contributed by atoms with Gasteiger partial charge in [0.05, 0.1) is 0 Å². The lowest BCUT2D eigenvalue weighted by atomic mass is 9.87. The Morgan fingerprint density at radius 1 is 1.08 bits per heavy atom. The van der Waals surface area contributed by atoms with Crippen LogP contribution in [0.2, 0.25) is 0 Å². The summed E-state index contributed by atoms with van der Waals surface area (Å²) in [6, 6.07) is 8.45. The first-order valence-corrected chi connectivity index (χ1v) is 7.92. The highest BCUT2D eigenvalue weighted by Gasteiger charge is 2.17. The molecule has 2 aromatic rings. The fourth-order valence-corrected chi connectivity index (χ4v) is 2.34. The van der Waals surface area contributed by atoms with Gasteiger partial charge < -0.3 is 4.42 Å². The van der Waals surface area contributed by atoms with Gasteiger partial charge in [0, 0.05) is 11.6 Å². The van der Waals surface area contributed by atoms with Crippen molar-refractivity contribution in [2.75, 3.05) is 5.43 Å². The third-order valence-electron chi connectivity index (χ3n) is 3.73. The van der Waals surface area contributed by atoms with Crippen LogP contribution in [0.4, 0.5) is 5.88 Å². The molecule has 0 saturated heterocycles. The van der Waals surface area contributed by atoms with Crippen LogP contribution in [0.3, 0.4) is 0 Å². The molecule has 1 aromatic heterocycles. The van der Waals surface area contributed by atoms with Crippen LogP contribution in [0.15, 0.2) is 39.5 Å². The average Bonchev–Trinajstić information content (AvgIpc) is 2.50. The maximum Gasteiger partial charge on any atom is 0.269 e. The number of hydrogen-bond acceptors (Lipinski definition) is 5. The lowest BCUT2D eigenvalue weighted by Crippen LogP contribution is -2.31. The third kappa shape index (κ3) is 4.35. The normalized spacial score (nSPS) is 11.1. The summed E-state index contributed by atoms with van der Waals surface area (Å²) in [5, 5.41) is 0. The number of ketones is 1. The van der Waals surface area contributed by atoms with Gasteiger partial charge in [-0.2, -0.15) is 0 Å². The van der Waals surface area contributed by atoms with E-state index in [9.17, 15) is 14.4 Å². The van der Waals surface area contributed by atoms with Crippen LogP contribution in [-0.4, -0.2) is 11.7 Å². The van der Waals surface area contributed by atoms with E-state index in [-0.39, 0.29) is 16.9 Å². The van der Waals surface area contributed by atoms with Crippen molar-refractivity contribution in [1.82, 2.24) is 5.43 Å². The minimum Gasteiger partial charge on any atom is -0.443 e. The zero-order valence-electron chi connectivity index (χ0n) is 15.0. The third-order valence-corrected chi connectivity index (χ3v) is 3.73. The molecule has 1 heterocycles. The Labute approximate surface area is 146 Å². The smallest absolute Gasteiger partial charge is 0.269 e. The molecule has 0 fully saturated rings. The number of rotatable bonds is 4. The fourth-order valence-electron chi connectivity index (χ4n) is 2.34. The van der Waals surface area contributed by atoms with Crippen LogP contribution in [0, 0.1) is 6.92 Å². The molecule has 2 N–H and O–H groups in total. The number of benzene rings is 1. The van der Waals surface area contributed by atoms with E-state index in [2.05, 4.69) is 31.6 Å². The highest BCUT2D eigenvalue weighted by molar-refractivity contribution is 5.99. The second-order valence-electron chi connectivity index (χ2n) is 6.89. The number of carbonyl (C=O) groups excluding carboxylic acids is 2. The molecular weight excluding hydrogens is 320 g/mol. The summed E-state index contributed by atoms with van der Waals surface area (Å²) in [7, 11) is 0. The zero-order valence-corrected chi connectivity index (χ0v) is 15.0. The Morgan fingerprint density at radius 3 is 2.20 bits per heavy atom. The molecule has 0 aliphatic carbocycles. The molecule has 0 spiro atoms. The van der Waals surface area contributed by atoms with Crippen molar-refractivity contribution in [1.29, 1.82) is 0 Å². The lowest BCUT2D eigenvalue weighted by molar-refractivity contribution is 0.0957. The highest BCUT2D eigenvalue weighted by atomic mass is 16.4. The van der Waals surface area contributed by atoms with Crippen molar-refractivity contribution in [3.63, 3.8) is 0 Å². The number of nitrogens with one attached hydrogen (secondary N) is 2. The Balaban J connectivity index is 2.18. The van der Waals surface area contributed by atoms with Crippen molar-refractivity contribution >= 4 is 17.6 Å². The maximum absolute atomic E-state index is 12.3. The largest absolute Gasteiger partial charge is 0.443 e. The molecule has 6 nitrogen and oxygen atoms in total. The quantitative estimate of drug-likeness (QED) is 0.658.